The summed E-state index contributed by atoms with van der Waals surface area (Å²) in [6, 6.07) is 0. The van der Waals surface area contributed by atoms with Gasteiger partial charge in [-0.05, 0) is 96.1 Å². The van der Waals surface area contributed by atoms with Gasteiger partial charge in [0.25, 0.3) is 0 Å². The van der Waals surface area contributed by atoms with Crippen LogP contribution in [0.25, 0.3) is 0 Å². The van der Waals surface area contributed by atoms with Crippen LogP contribution in [0, 0.1) is 0 Å². The van der Waals surface area contributed by atoms with Gasteiger partial charge in [-0.1, -0.05) is 159 Å². The lowest BCUT2D eigenvalue weighted by molar-refractivity contribution is -0.167. The Hall–Kier alpha value is -3.09. The lowest BCUT2D eigenvalue weighted by atomic mass is 10.1. The molecule has 0 aliphatic heterocycles. The average molecular weight is 826 g/mol. The quantitative estimate of drug-likeness (QED) is 0.0262. The Morgan fingerprint density at radius 2 is 0.864 bits per heavy atom. The molecule has 0 rings (SSSR count). The third-order valence-corrected chi connectivity index (χ3v) is 10.4. The van der Waals surface area contributed by atoms with E-state index in [0.29, 0.717) is 19.3 Å². The van der Waals surface area contributed by atoms with Crippen molar-refractivity contribution in [3.63, 3.8) is 0 Å². The highest BCUT2D eigenvalue weighted by molar-refractivity contribution is 5.71. The van der Waals surface area contributed by atoms with Crippen molar-refractivity contribution >= 4 is 17.9 Å². The summed E-state index contributed by atoms with van der Waals surface area (Å²) in [7, 11) is 2.06. The van der Waals surface area contributed by atoms with Crippen molar-refractivity contribution in [2.24, 2.45) is 0 Å². The van der Waals surface area contributed by atoms with Gasteiger partial charge in [0, 0.05) is 32.9 Å². The number of carbonyl (C=O) groups excluding carboxylic acids is 3. The van der Waals surface area contributed by atoms with Crippen molar-refractivity contribution in [1.29, 1.82) is 0 Å². The fourth-order valence-corrected chi connectivity index (χ4v) is 6.69. The van der Waals surface area contributed by atoms with Crippen LogP contribution in [0.2, 0.25) is 0 Å². The molecule has 0 aromatic heterocycles. The predicted octanol–water partition coefficient (Wildman–Crippen LogP) is 14.8. The molecule has 0 bridgehead atoms. The molecule has 0 saturated carbocycles. The van der Waals surface area contributed by atoms with Gasteiger partial charge in [-0.3, -0.25) is 14.4 Å². The largest absolute Gasteiger partial charge is 0.462 e. The van der Waals surface area contributed by atoms with Crippen molar-refractivity contribution in [2.75, 3.05) is 26.8 Å². The predicted molar refractivity (Wildman–Crippen MR) is 250 cm³/mol. The average Bonchev–Trinajstić information content (AvgIpc) is 3.23. The van der Waals surface area contributed by atoms with Gasteiger partial charge < -0.3 is 19.1 Å². The third kappa shape index (κ3) is 44.3. The van der Waals surface area contributed by atoms with Gasteiger partial charge in [-0.15, -0.1) is 6.58 Å². The number of hydrogen-bond acceptors (Lipinski definition) is 7. The standard InChI is InChI=1S/C52H91NO6/c1-5-8-11-13-15-17-19-21-23-25-27-29-31-33-37-42-50(54)57-47-49(48-58-51(55)43-38-35-36-41-46-53(4)45-40-10-7-3)59-52(56)44-39-34-32-30-28-26-24-22-20-18-16-14-12-9-6-2/h7,16,18,21-24,40,45,49H,3,5-6,8-15,17,19-20,25-39,41-44,46-48H2,1-2,4H3/b18-16+,23-21+,24-22+,45-40+. The minimum Gasteiger partial charge on any atom is -0.462 e. The van der Waals surface area contributed by atoms with Crippen LogP contribution in [0.4, 0.5) is 0 Å². The molecule has 59 heavy (non-hydrogen) atoms. The number of hydrogen-bond donors (Lipinski definition) is 0. The van der Waals surface area contributed by atoms with Gasteiger partial charge >= 0.3 is 17.9 Å². The second-order valence-corrected chi connectivity index (χ2v) is 16.3. The summed E-state index contributed by atoms with van der Waals surface area (Å²) < 4.78 is 16.7. The van der Waals surface area contributed by atoms with Crippen molar-refractivity contribution in [2.45, 2.75) is 225 Å². The van der Waals surface area contributed by atoms with Crippen LogP contribution in [0.3, 0.4) is 0 Å². The second-order valence-electron chi connectivity index (χ2n) is 16.3. The number of unbranched alkanes of at least 4 members (excludes halogenated alkanes) is 22. The van der Waals surface area contributed by atoms with Gasteiger partial charge in [0.15, 0.2) is 6.10 Å². The molecule has 0 N–H and O–H groups in total. The van der Waals surface area contributed by atoms with Gasteiger partial charge in [-0.2, -0.15) is 0 Å². The molecule has 340 valence electrons. The topological polar surface area (TPSA) is 82.1 Å². The molecule has 0 fully saturated rings. The number of esters is 3. The summed E-state index contributed by atoms with van der Waals surface area (Å²) in [5.41, 5.74) is 0. The van der Waals surface area contributed by atoms with E-state index in [-0.39, 0.29) is 31.1 Å². The summed E-state index contributed by atoms with van der Waals surface area (Å²) in [6.45, 7) is 9.00. The fraction of sp³-hybridized carbons (Fsp3) is 0.750. The van der Waals surface area contributed by atoms with Crippen LogP contribution >= 0.6 is 0 Å². The lowest BCUT2D eigenvalue weighted by Crippen LogP contribution is -2.30. The van der Waals surface area contributed by atoms with Crippen molar-refractivity contribution in [1.82, 2.24) is 4.90 Å². The van der Waals surface area contributed by atoms with E-state index >= 15 is 0 Å². The Labute approximate surface area is 363 Å². The maximum absolute atomic E-state index is 12.8. The van der Waals surface area contributed by atoms with E-state index in [0.717, 1.165) is 109 Å². The van der Waals surface area contributed by atoms with Crippen LogP contribution < -0.4 is 0 Å². The normalized spacial score (nSPS) is 12.3. The maximum Gasteiger partial charge on any atom is 0.306 e. The summed E-state index contributed by atoms with van der Waals surface area (Å²) in [6.07, 6.45) is 52.5. The Morgan fingerprint density at radius 3 is 1.36 bits per heavy atom. The zero-order valence-corrected chi connectivity index (χ0v) is 38.6. The van der Waals surface area contributed by atoms with Crippen LogP contribution in [0.5, 0.6) is 0 Å². The molecule has 7 heteroatoms. The monoisotopic (exact) mass is 826 g/mol. The van der Waals surface area contributed by atoms with E-state index in [4.69, 9.17) is 14.2 Å². The smallest absolute Gasteiger partial charge is 0.306 e. The molecule has 0 aliphatic rings. The molecule has 0 radical (unpaired) electrons. The fourth-order valence-electron chi connectivity index (χ4n) is 6.69. The van der Waals surface area contributed by atoms with Crippen LogP contribution in [-0.4, -0.2) is 55.7 Å². The highest BCUT2D eigenvalue weighted by Crippen LogP contribution is 2.13. The number of ether oxygens (including phenoxy) is 3. The molecule has 1 atom stereocenters. The van der Waals surface area contributed by atoms with E-state index in [1.165, 1.54) is 83.5 Å². The molecule has 0 spiro atoms. The Balaban J connectivity index is 4.45. The van der Waals surface area contributed by atoms with Crippen LogP contribution in [0.1, 0.15) is 219 Å². The molecule has 7 nitrogen and oxygen atoms in total. The first kappa shape index (κ1) is 55.9. The van der Waals surface area contributed by atoms with Crippen molar-refractivity contribution in [3.8, 4) is 0 Å². The first-order valence-corrected chi connectivity index (χ1v) is 24.4. The van der Waals surface area contributed by atoms with E-state index in [1.807, 2.05) is 6.08 Å². The summed E-state index contributed by atoms with van der Waals surface area (Å²) >= 11 is 0. The minimum atomic E-state index is -0.799. The molecular formula is C52H91NO6. The first-order chi connectivity index (χ1) is 28.9. The summed E-state index contributed by atoms with van der Waals surface area (Å²) in [5, 5.41) is 0. The third-order valence-electron chi connectivity index (χ3n) is 10.4. The molecule has 0 aliphatic carbocycles. The molecule has 0 aromatic rings. The number of allylic oxidation sites excluding steroid dienone is 8. The molecular weight excluding hydrogens is 735 g/mol. The van der Waals surface area contributed by atoms with Crippen molar-refractivity contribution < 1.29 is 28.6 Å². The zero-order valence-electron chi connectivity index (χ0n) is 38.6. The van der Waals surface area contributed by atoms with E-state index in [2.05, 4.69) is 81.1 Å². The highest BCUT2D eigenvalue weighted by Gasteiger charge is 2.19. The first-order valence-electron chi connectivity index (χ1n) is 24.4. The van der Waals surface area contributed by atoms with Crippen LogP contribution in [0.15, 0.2) is 61.4 Å². The van der Waals surface area contributed by atoms with Gasteiger partial charge in [0.1, 0.15) is 13.2 Å². The van der Waals surface area contributed by atoms with Gasteiger partial charge in [0.2, 0.25) is 0 Å². The van der Waals surface area contributed by atoms with Crippen LogP contribution in [-0.2, 0) is 28.6 Å². The Bertz CT molecular complexity index is 1090. The zero-order chi connectivity index (χ0) is 43.1. The molecule has 1 unspecified atom stereocenters. The lowest BCUT2D eigenvalue weighted by Gasteiger charge is -2.18. The molecule has 0 amide bonds. The molecule has 0 heterocycles. The maximum atomic E-state index is 12.8. The molecule has 0 aromatic carbocycles. The summed E-state index contributed by atoms with van der Waals surface area (Å²) in [4.78, 5) is 40.1. The summed E-state index contributed by atoms with van der Waals surface area (Å²) in [5.74, 6) is -0.955. The highest BCUT2D eigenvalue weighted by atomic mass is 16.6. The Kier molecular flexibility index (Phi) is 43.6. The Morgan fingerprint density at radius 1 is 0.475 bits per heavy atom. The molecule has 0 saturated heterocycles. The van der Waals surface area contributed by atoms with Gasteiger partial charge in [-0.25, -0.2) is 0 Å². The number of nitrogens with zero attached hydrogens (tertiary/aromatic N) is 1. The number of rotatable bonds is 44. The van der Waals surface area contributed by atoms with Gasteiger partial charge in [0.05, 0.1) is 0 Å². The second kappa shape index (κ2) is 46.0. The van der Waals surface area contributed by atoms with E-state index < -0.39 is 6.10 Å². The van der Waals surface area contributed by atoms with E-state index in [9.17, 15) is 14.4 Å². The number of carbonyl (C=O) groups is 3. The van der Waals surface area contributed by atoms with E-state index in [1.54, 1.807) is 0 Å². The minimum absolute atomic E-state index is 0.0974. The SMILES string of the molecule is C=CC/C=C/N(C)CCCCCCC(=O)OCC(COC(=O)CCCCCCC/C=C/CCCCCCCC)OC(=O)CCCCCCC/C=C/C/C=C/CCCCC. The van der Waals surface area contributed by atoms with Crippen molar-refractivity contribution in [3.05, 3.63) is 61.4 Å².